The van der Waals surface area contributed by atoms with Crippen molar-refractivity contribution in [1.82, 2.24) is 15.1 Å². The average Bonchev–Trinajstić information content (AvgIpc) is 2.86. The zero-order chi connectivity index (χ0) is 17.7. The number of nitrogens with one attached hydrogen (secondary N) is 1. The van der Waals surface area contributed by atoms with Gasteiger partial charge in [0.2, 0.25) is 0 Å². The van der Waals surface area contributed by atoms with E-state index >= 15 is 0 Å². The van der Waals surface area contributed by atoms with Gasteiger partial charge in [-0.25, -0.2) is 4.68 Å². The highest BCUT2D eigenvalue weighted by Gasteiger charge is 2.24. The molecule has 0 saturated heterocycles. The van der Waals surface area contributed by atoms with Crippen LogP contribution in [0.15, 0.2) is 24.3 Å². The van der Waals surface area contributed by atoms with Crippen LogP contribution in [-0.2, 0) is 12.8 Å². The Morgan fingerprint density at radius 3 is 2.42 bits per heavy atom. The second-order valence-corrected chi connectivity index (χ2v) is 6.59. The third-order valence-corrected chi connectivity index (χ3v) is 4.02. The van der Waals surface area contributed by atoms with Gasteiger partial charge < -0.3 is 5.32 Å². The molecule has 0 unspecified atom stereocenters. The maximum Gasteiger partial charge on any atom is 0.255 e. The summed E-state index contributed by atoms with van der Waals surface area (Å²) >= 11 is 0. The van der Waals surface area contributed by atoms with E-state index in [2.05, 4.69) is 38.2 Å². The van der Waals surface area contributed by atoms with Crippen molar-refractivity contribution < 1.29 is 4.79 Å². The van der Waals surface area contributed by atoms with E-state index in [1.54, 1.807) is 0 Å². The van der Waals surface area contributed by atoms with Gasteiger partial charge in [-0.1, -0.05) is 44.9 Å². The smallest absolute Gasteiger partial charge is 0.255 e. The van der Waals surface area contributed by atoms with Crippen molar-refractivity contribution in [1.29, 1.82) is 0 Å². The number of hydrogen-bond donors (Lipinski definition) is 1. The molecule has 24 heavy (non-hydrogen) atoms. The lowest BCUT2D eigenvalue weighted by molar-refractivity contribution is 0.0941. The molecule has 1 aromatic heterocycles. The van der Waals surface area contributed by atoms with Crippen LogP contribution in [-0.4, -0.2) is 21.7 Å². The third-order valence-electron chi connectivity index (χ3n) is 4.02. The summed E-state index contributed by atoms with van der Waals surface area (Å²) in [5.41, 5.74) is 4.92. The van der Waals surface area contributed by atoms with Crippen LogP contribution in [0.4, 0.5) is 0 Å². The minimum Gasteiger partial charge on any atom is -0.350 e. The predicted octanol–water partition coefficient (Wildman–Crippen LogP) is 4.22. The molecule has 0 atom stereocenters. The van der Waals surface area contributed by atoms with E-state index < -0.39 is 0 Å². The Morgan fingerprint density at radius 1 is 1.17 bits per heavy atom. The van der Waals surface area contributed by atoms with Gasteiger partial charge in [0, 0.05) is 6.04 Å². The molecule has 2 aromatic rings. The van der Waals surface area contributed by atoms with Crippen molar-refractivity contribution in [2.24, 2.45) is 0 Å². The molecule has 4 nitrogen and oxygen atoms in total. The van der Waals surface area contributed by atoms with Gasteiger partial charge in [-0.3, -0.25) is 4.79 Å². The molecule has 0 aliphatic heterocycles. The molecule has 1 N–H and O–H groups in total. The Kier molecular flexibility index (Phi) is 6.18. The maximum absolute atomic E-state index is 12.8. The number of carbonyl (C=O) groups excluding carboxylic acids is 1. The molecule has 0 radical (unpaired) electrons. The van der Waals surface area contributed by atoms with Gasteiger partial charge in [-0.2, -0.15) is 5.10 Å². The number of hydrogen-bond acceptors (Lipinski definition) is 2. The molecule has 130 valence electrons. The fourth-order valence-electron chi connectivity index (χ4n) is 2.98. The van der Waals surface area contributed by atoms with Crippen LogP contribution in [0, 0.1) is 6.92 Å². The van der Waals surface area contributed by atoms with Gasteiger partial charge in [-0.05, 0) is 45.2 Å². The SMILES string of the molecule is CCCc1nn(-c2ccccc2C)c(CCC)c1C(=O)NC(C)C. The minimum atomic E-state index is -0.00302. The van der Waals surface area contributed by atoms with Gasteiger partial charge in [0.05, 0.1) is 22.6 Å². The summed E-state index contributed by atoms with van der Waals surface area (Å²) in [6, 6.07) is 8.32. The monoisotopic (exact) mass is 327 g/mol. The number of carbonyl (C=O) groups is 1. The average molecular weight is 327 g/mol. The van der Waals surface area contributed by atoms with Crippen molar-refractivity contribution >= 4 is 5.91 Å². The Labute approximate surface area is 145 Å². The van der Waals surface area contributed by atoms with Gasteiger partial charge >= 0.3 is 0 Å². The van der Waals surface area contributed by atoms with Crippen LogP contribution in [0.2, 0.25) is 0 Å². The van der Waals surface area contributed by atoms with Crippen LogP contribution >= 0.6 is 0 Å². The van der Waals surface area contributed by atoms with E-state index in [0.717, 1.165) is 53.9 Å². The van der Waals surface area contributed by atoms with Crippen molar-refractivity contribution in [3.63, 3.8) is 0 Å². The maximum atomic E-state index is 12.8. The van der Waals surface area contributed by atoms with Gasteiger partial charge in [-0.15, -0.1) is 0 Å². The molecule has 0 aliphatic carbocycles. The summed E-state index contributed by atoms with van der Waals surface area (Å²) in [6.45, 7) is 10.3. The van der Waals surface area contributed by atoms with Crippen LogP contribution in [0.25, 0.3) is 5.69 Å². The second-order valence-electron chi connectivity index (χ2n) is 6.59. The number of para-hydroxylation sites is 1. The van der Waals surface area contributed by atoms with Gasteiger partial charge in [0.15, 0.2) is 0 Å². The number of aromatic nitrogens is 2. The Morgan fingerprint density at radius 2 is 1.83 bits per heavy atom. The first kappa shape index (κ1) is 18.2. The van der Waals surface area contributed by atoms with Crippen LogP contribution in [0.3, 0.4) is 0 Å². The number of amides is 1. The van der Waals surface area contributed by atoms with Crippen molar-refractivity contribution in [2.75, 3.05) is 0 Å². The van der Waals surface area contributed by atoms with E-state index in [-0.39, 0.29) is 11.9 Å². The fraction of sp³-hybridized carbons (Fsp3) is 0.500. The Bertz CT molecular complexity index is 701. The summed E-state index contributed by atoms with van der Waals surface area (Å²) in [6.07, 6.45) is 3.60. The molecule has 1 aromatic carbocycles. The number of benzene rings is 1. The number of nitrogens with zero attached hydrogens (tertiary/aromatic N) is 2. The number of aryl methyl sites for hydroxylation is 2. The highest BCUT2D eigenvalue weighted by molar-refractivity contribution is 5.97. The molecular formula is C20H29N3O. The lowest BCUT2D eigenvalue weighted by atomic mass is 10.0. The highest BCUT2D eigenvalue weighted by Crippen LogP contribution is 2.24. The van der Waals surface area contributed by atoms with Crippen molar-refractivity contribution in [2.45, 2.75) is 66.3 Å². The first-order valence-electron chi connectivity index (χ1n) is 8.97. The van der Waals surface area contributed by atoms with E-state index in [0.29, 0.717) is 0 Å². The summed E-state index contributed by atoms with van der Waals surface area (Å²) in [4.78, 5) is 12.8. The molecule has 1 amide bonds. The van der Waals surface area contributed by atoms with E-state index in [9.17, 15) is 4.79 Å². The van der Waals surface area contributed by atoms with Crippen LogP contribution in [0.1, 0.15) is 67.8 Å². The molecule has 0 fully saturated rings. The second kappa shape index (κ2) is 8.13. The molecule has 1 heterocycles. The van der Waals surface area contributed by atoms with E-state index in [4.69, 9.17) is 5.10 Å². The van der Waals surface area contributed by atoms with Crippen molar-refractivity contribution in [3.8, 4) is 5.69 Å². The molecule has 4 heteroatoms. The standard InChI is InChI=1S/C20H29N3O/c1-6-10-16-19(20(24)21-14(3)4)18(11-7-2)23(22-16)17-13-9-8-12-15(17)5/h8-9,12-14H,6-7,10-11H2,1-5H3,(H,21,24). The third kappa shape index (κ3) is 3.86. The summed E-state index contributed by atoms with van der Waals surface area (Å²) < 4.78 is 1.99. The molecule has 0 spiro atoms. The van der Waals surface area contributed by atoms with Crippen LogP contribution in [0.5, 0.6) is 0 Å². The largest absolute Gasteiger partial charge is 0.350 e. The summed E-state index contributed by atoms with van der Waals surface area (Å²) in [7, 11) is 0. The molecule has 0 aliphatic rings. The van der Waals surface area contributed by atoms with E-state index in [1.807, 2.05) is 30.7 Å². The molecular weight excluding hydrogens is 298 g/mol. The summed E-state index contributed by atoms with van der Waals surface area (Å²) in [5, 5.41) is 7.88. The van der Waals surface area contributed by atoms with E-state index in [1.165, 1.54) is 0 Å². The van der Waals surface area contributed by atoms with Crippen LogP contribution < -0.4 is 5.32 Å². The first-order valence-corrected chi connectivity index (χ1v) is 8.97. The molecule has 2 rings (SSSR count). The number of rotatable bonds is 7. The van der Waals surface area contributed by atoms with Crippen molar-refractivity contribution in [3.05, 3.63) is 46.8 Å². The molecule has 0 bridgehead atoms. The van der Waals surface area contributed by atoms with Gasteiger partial charge in [0.1, 0.15) is 0 Å². The quantitative estimate of drug-likeness (QED) is 0.827. The predicted molar refractivity (Wildman–Crippen MR) is 98.9 cm³/mol. The fourth-order valence-corrected chi connectivity index (χ4v) is 2.98. The van der Waals surface area contributed by atoms with Gasteiger partial charge in [0.25, 0.3) is 5.91 Å². The Balaban J connectivity index is 2.63. The Hall–Kier alpha value is -2.10. The zero-order valence-electron chi connectivity index (χ0n) is 15.5. The topological polar surface area (TPSA) is 46.9 Å². The lowest BCUT2D eigenvalue weighted by Gasteiger charge is -2.12. The minimum absolute atomic E-state index is 0.00302. The molecule has 0 saturated carbocycles. The highest BCUT2D eigenvalue weighted by atomic mass is 16.1. The summed E-state index contributed by atoms with van der Waals surface area (Å²) in [5.74, 6) is -0.00302. The first-order chi connectivity index (χ1) is 11.5. The zero-order valence-corrected chi connectivity index (χ0v) is 15.5. The lowest BCUT2D eigenvalue weighted by Crippen LogP contribution is -2.31. The normalized spacial score (nSPS) is 11.1.